The molecule has 1 saturated carbocycles. The summed E-state index contributed by atoms with van der Waals surface area (Å²) < 4.78 is 12.4. The number of aromatic nitrogens is 4. The Morgan fingerprint density at radius 3 is 2.42 bits per heavy atom. The highest BCUT2D eigenvalue weighted by molar-refractivity contribution is 6.35. The molecule has 4 heterocycles. The summed E-state index contributed by atoms with van der Waals surface area (Å²) in [6.45, 7) is 11.7. The lowest BCUT2D eigenvalue weighted by Crippen LogP contribution is -2.58. The van der Waals surface area contributed by atoms with Crippen molar-refractivity contribution in [2.45, 2.75) is 58.3 Å². The summed E-state index contributed by atoms with van der Waals surface area (Å²) in [4.78, 5) is 31.7. The number of rotatable bonds is 6. The van der Waals surface area contributed by atoms with Gasteiger partial charge in [0.15, 0.2) is 5.75 Å². The Balaban J connectivity index is 1.36. The monoisotopic (exact) mass is 632 g/mol. The number of nitrogens with zero attached hydrogens (tertiary/aromatic N) is 7. The van der Waals surface area contributed by atoms with Crippen LogP contribution in [0, 0.1) is 6.92 Å². The zero-order valence-corrected chi connectivity index (χ0v) is 27.6. The Morgan fingerprint density at radius 1 is 1.02 bits per heavy atom. The molecule has 2 aromatic heterocycles. The lowest BCUT2D eigenvalue weighted by Gasteiger charge is -2.43. The molecule has 1 amide bonds. The number of carbonyl (C=O) groups excluding carboxylic acids is 1. The predicted octanol–water partition coefficient (Wildman–Crippen LogP) is 5.48. The Morgan fingerprint density at radius 2 is 1.76 bits per heavy atom. The van der Waals surface area contributed by atoms with Gasteiger partial charge in [-0.3, -0.25) is 5.10 Å². The van der Waals surface area contributed by atoms with Gasteiger partial charge in [-0.05, 0) is 72.3 Å². The summed E-state index contributed by atoms with van der Waals surface area (Å²) in [5.41, 5.74) is 4.05. The maximum Gasteiger partial charge on any atom is 0.410 e. The second-order valence-corrected chi connectivity index (χ2v) is 14.1. The number of piperazine rings is 1. The fourth-order valence-corrected chi connectivity index (χ4v) is 6.38. The highest BCUT2D eigenvalue weighted by Gasteiger charge is 2.35. The summed E-state index contributed by atoms with van der Waals surface area (Å²) >= 11 is 7.25. The molecule has 0 unspecified atom stereocenters. The van der Waals surface area contributed by atoms with Crippen molar-refractivity contribution in [3.05, 3.63) is 35.0 Å². The fraction of sp³-hybridized carbons (Fsp3) is 0.515. The molecule has 12 heteroatoms. The van der Waals surface area contributed by atoms with Gasteiger partial charge in [-0.15, -0.1) is 0 Å². The second kappa shape index (κ2) is 11.2. The summed E-state index contributed by atoms with van der Waals surface area (Å²) in [6, 6.07) is 6.55. The maximum absolute atomic E-state index is 12.8. The smallest absolute Gasteiger partial charge is 0.410 e. The quantitative estimate of drug-likeness (QED) is 0.296. The summed E-state index contributed by atoms with van der Waals surface area (Å²) in [5, 5.41) is 9.84. The van der Waals surface area contributed by atoms with E-state index < -0.39 is 5.60 Å². The molecule has 238 valence electrons. The number of aromatic amines is 1. The Labute approximate surface area is 268 Å². The molecule has 1 N–H and O–H groups in total. The highest BCUT2D eigenvalue weighted by atomic mass is 35.5. The molecule has 3 fully saturated rings. The molecule has 2 aliphatic heterocycles. The predicted molar refractivity (Wildman–Crippen MR) is 178 cm³/mol. The number of ether oxygens (including phenoxy) is 2. The van der Waals surface area contributed by atoms with Crippen LogP contribution in [0.1, 0.15) is 39.2 Å². The van der Waals surface area contributed by atoms with Gasteiger partial charge in [-0.2, -0.15) is 10.1 Å². The molecule has 1 aliphatic carbocycles. The molecule has 2 saturated heterocycles. The van der Waals surface area contributed by atoms with E-state index in [9.17, 15) is 4.79 Å². The van der Waals surface area contributed by atoms with Crippen LogP contribution in [0.2, 0.25) is 5.02 Å². The minimum absolute atomic E-state index is 0.121. The number of halogens is 1. The average Bonchev–Trinajstić information content (AvgIpc) is 3.65. The third-order valence-corrected chi connectivity index (χ3v) is 9.16. The summed E-state index contributed by atoms with van der Waals surface area (Å²) in [6.07, 6.45) is 3.67. The molecule has 45 heavy (non-hydrogen) atoms. The SMILES string of the molecule is Cc1ccc2[nH]ncc2c1-c1c(Cl)cc2c(N3CCN(C(=O)OC(C)(C)C)CC3)nc(N3CC(N(C)C)C3)nc2c1OC1CC1. The second-order valence-electron chi connectivity index (χ2n) is 13.7. The van der Waals surface area contributed by atoms with Crippen LogP contribution >= 0.6 is 11.6 Å². The molecule has 4 aromatic rings. The van der Waals surface area contributed by atoms with Crippen LogP contribution in [0.4, 0.5) is 16.6 Å². The molecule has 2 aromatic carbocycles. The van der Waals surface area contributed by atoms with Crippen LogP contribution in [-0.4, -0.2) is 107 Å². The van der Waals surface area contributed by atoms with Crippen LogP contribution < -0.4 is 14.5 Å². The fourth-order valence-electron chi connectivity index (χ4n) is 6.09. The lowest BCUT2D eigenvalue weighted by atomic mass is 9.94. The van der Waals surface area contributed by atoms with E-state index in [1.807, 2.05) is 39.1 Å². The van der Waals surface area contributed by atoms with Crippen LogP contribution in [0.5, 0.6) is 5.75 Å². The normalized spacial score (nSPS) is 17.8. The molecular formula is C33H41ClN8O3. The van der Waals surface area contributed by atoms with Crippen molar-refractivity contribution in [1.82, 2.24) is 30.0 Å². The average molecular weight is 633 g/mol. The largest absolute Gasteiger partial charge is 0.487 e. The van der Waals surface area contributed by atoms with Gasteiger partial charge in [-0.1, -0.05) is 17.7 Å². The first-order chi connectivity index (χ1) is 21.5. The van der Waals surface area contributed by atoms with Gasteiger partial charge in [0.1, 0.15) is 16.9 Å². The Bertz CT molecular complexity index is 1770. The molecule has 3 aliphatic rings. The van der Waals surface area contributed by atoms with Crippen molar-refractivity contribution in [2.24, 2.45) is 0 Å². The Hall–Kier alpha value is -3.83. The molecule has 7 rings (SSSR count). The van der Waals surface area contributed by atoms with Crippen molar-refractivity contribution in [2.75, 3.05) is 63.2 Å². The summed E-state index contributed by atoms with van der Waals surface area (Å²) in [5.74, 6) is 2.18. The number of hydrogen-bond donors (Lipinski definition) is 1. The van der Waals surface area contributed by atoms with Gasteiger partial charge >= 0.3 is 6.09 Å². The van der Waals surface area contributed by atoms with Gasteiger partial charge in [0.2, 0.25) is 5.95 Å². The van der Waals surface area contributed by atoms with Crippen molar-refractivity contribution < 1.29 is 14.3 Å². The molecule has 0 bridgehead atoms. The third kappa shape index (κ3) is 5.72. The minimum Gasteiger partial charge on any atom is -0.487 e. The van der Waals surface area contributed by atoms with Crippen LogP contribution in [-0.2, 0) is 4.74 Å². The van der Waals surface area contributed by atoms with Crippen LogP contribution in [0.3, 0.4) is 0 Å². The maximum atomic E-state index is 12.8. The number of amides is 1. The molecular weight excluding hydrogens is 592 g/mol. The summed E-state index contributed by atoms with van der Waals surface area (Å²) in [7, 11) is 4.21. The Kier molecular flexibility index (Phi) is 7.43. The number of carbonyl (C=O) groups is 1. The van der Waals surface area contributed by atoms with E-state index >= 15 is 0 Å². The lowest BCUT2D eigenvalue weighted by molar-refractivity contribution is 0.0240. The van der Waals surface area contributed by atoms with Crippen molar-refractivity contribution in [1.29, 1.82) is 0 Å². The van der Waals surface area contributed by atoms with Crippen molar-refractivity contribution in [3.8, 4) is 16.9 Å². The number of H-pyrrole nitrogens is 1. The number of anilines is 2. The van der Waals surface area contributed by atoms with E-state index in [4.69, 9.17) is 31.0 Å². The first-order valence-corrected chi connectivity index (χ1v) is 16.1. The number of fused-ring (bicyclic) bond motifs is 2. The molecule has 11 nitrogen and oxygen atoms in total. The number of likely N-dealkylation sites (N-methyl/N-ethyl adjacent to an activating group) is 1. The third-order valence-electron chi connectivity index (χ3n) is 8.86. The molecule has 0 radical (unpaired) electrons. The minimum atomic E-state index is -0.542. The van der Waals surface area contributed by atoms with E-state index in [0.717, 1.165) is 70.2 Å². The number of aryl methyl sites for hydroxylation is 1. The van der Waals surface area contributed by atoms with Gasteiger partial charge in [-0.25, -0.2) is 9.78 Å². The van der Waals surface area contributed by atoms with E-state index in [-0.39, 0.29) is 12.2 Å². The van der Waals surface area contributed by atoms with Crippen molar-refractivity contribution in [3.63, 3.8) is 0 Å². The first kappa shape index (κ1) is 29.9. The topological polar surface area (TPSA) is 103 Å². The molecule has 0 atom stereocenters. The van der Waals surface area contributed by atoms with E-state index in [1.54, 1.807) is 4.90 Å². The highest BCUT2D eigenvalue weighted by Crippen LogP contribution is 2.49. The van der Waals surface area contributed by atoms with Gasteiger partial charge in [0, 0.05) is 67.2 Å². The van der Waals surface area contributed by atoms with Gasteiger partial charge < -0.3 is 29.1 Å². The first-order valence-electron chi connectivity index (χ1n) is 15.7. The van der Waals surface area contributed by atoms with Gasteiger partial charge in [0.05, 0.1) is 22.8 Å². The number of nitrogens with one attached hydrogen (secondary N) is 1. The number of hydrogen-bond acceptors (Lipinski definition) is 9. The molecule has 0 spiro atoms. The van der Waals surface area contributed by atoms with Gasteiger partial charge in [0.25, 0.3) is 0 Å². The van der Waals surface area contributed by atoms with Crippen LogP contribution in [0.15, 0.2) is 24.4 Å². The zero-order valence-electron chi connectivity index (χ0n) is 26.9. The van der Waals surface area contributed by atoms with E-state index in [1.165, 1.54) is 0 Å². The van der Waals surface area contributed by atoms with E-state index in [0.29, 0.717) is 48.9 Å². The standard InChI is InChI=1S/C33H41ClN8O3/c1-19-7-10-25-23(16-35-38-25)26(19)27-24(34)15-22-28(29(27)44-21-8-9-21)36-31(42-17-20(18-42)39(5)6)37-30(22)40-11-13-41(14-12-40)32(43)45-33(2,3)4/h7,10,15-16,20-21H,8-9,11-14,17-18H2,1-6H3,(H,35,38). The number of benzene rings is 2. The zero-order chi connectivity index (χ0) is 31.6. The van der Waals surface area contributed by atoms with Crippen LogP contribution in [0.25, 0.3) is 32.9 Å². The van der Waals surface area contributed by atoms with Crippen molar-refractivity contribution >= 4 is 51.3 Å². The van der Waals surface area contributed by atoms with E-state index in [2.05, 4.69) is 52.0 Å².